The first-order valence-electron chi connectivity index (χ1n) is 8.42. The normalized spacial score (nSPS) is 11.2. The van der Waals surface area contributed by atoms with Gasteiger partial charge in [-0.25, -0.2) is 13.2 Å². The van der Waals surface area contributed by atoms with Crippen LogP contribution < -0.4 is 5.43 Å². The van der Waals surface area contributed by atoms with Gasteiger partial charge in [0.05, 0.1) is 22.3 Å². The van der Waals surface area contributed by atoms with Crippen LogP contribution in [0.5, 0.6) is 0 Å². The molecule has 0 amide bonds. The number of benzene rings is 2. The van der Waals surface area contributed by atoms with Crippen LogP contribution in [-0.2, 0) is 0 Å². The van der Waals surface area contributed by atoms with Crippen molar-refractivity contribution >= 4 is 21.4 Å². The van der Waals surface area contributed by atoms with Gasteiger partial charge in [-0.1, -0.05) is 28.1 Å². The van der Waals surface area contributed by atoms with E-state index in [0.29, 0.717) is 11.3 Å². The average molecular weight is 444 g/mol. The second-order valence-electron chi connectivity index (χ2n) is 6.45. The zero-order valence-electron chi connectivity index (χ0n) is 14.6. The Morgan fingerprint density at radius 2 is 1.57 bits per heavy atom. The molecule has 0 aliphatic rings. The molecule has 0 unspecified atom stereocenters. The highest BCUT2D eigenvalue weighted by Gasteiger charge is 2.19. The summed E-state index contributed by atoms with van der Waals surface area (Å²) in [7, 11) is 0. The van der Waals surface area contributed by atoms with Crippen molar-refractivity contribution in [2.45, 2.75) is 6.92 Å². The molecule has 28 heavy (non-hydrogen) atoms. The molecule has 2 aromatic carbocycles. The topological polar surface area (TPSA) is 21.5 Å². The van der Waals surface area contributed by atoms with Crippen molar-refractivity contribution in [2.24, 2.45) is 0 Å². The SMILES string of the molecule is Cc1ccc(-c2cccc3c(-c4c(F)cc(Br)cc4F)c(=O)ccn23)c(F)c1. The van der Waals surface area contributed by atoms with Crippen LogP contribution in [-0.4, -0.2) is 4.40 Å². The molecule has 2 aromatic heterocycles. The zero-order valence-corrected chi connectivity index (χ0v) is 16.2. The molecule has 140 valence electrons. The van der Waals surface area contributed by atoms with E-state index in [4.69, 9.17) is 0 Å². The van der Waals surface area contributed by atoms with E-state index >= 15 is 0 Å². The number of halogens is 4. The van der Waals surface area contributed by atoms with Crippen LogP contribution in [0, 0.1) is 24.4 Å². The summed E-state index contributed by atoms with van der Waals surface area (Å²) in [6.45, 7) is 1.78. The van der Waals surface area contributed by atoms with Crippen LogP contribution in [0.2, 0.25) is 0 Å². The molecule has 0 atom stereocenters. The van der Waals surface area contributed by atoms with Crippen molar-refractivity contribution in [3.63, 3.8) is 0 Å². The second kappa shape index (κ2) is 6.95. The first-order chi connectivity index (χ1) is 13.4. The number of aromatic nitrogens is 1. The Morgan fingerprint density at radius 1 is 0.857 bits per heavy atom. The van der Waals surface area contributed by atoms with Crippen molar-refractivity contribution in [3.05, 3.63) is 98.5 Å². The Labute approximate surface area is 167 Å². The van der Waals surface area contributed by atoms with Gasteiger partial charge in [0, 0.05) is 22.3 Å². The molecule has 0 fully saturated rings. The van der Waals surface area contributed by atoms with Gasteiger partial charge in [0.1, 0.15) is 17.5 Å². The van der Waals surface area contributed by atoms with Crippen LogP contribution in [0.25, 0.3) is 27.9 Å². The Hall–Kier alpha value is -2.86. The van der Waals surface area contributed by atoms with Gasteiger partial charge in [0.15, 0.2) is 5.43 Å². The van der Waals surface area contributed by atoms with Gasteiger partial charge in [-0.15, -0.1) is 0 Å². The molecule has 0 saturated heterocycles. The van der Waals surface area contributed by atoms with Gasteiger partial charge in [-0.3, -0.25) is 4.79 Å². The molecule has 0 bridgehead atoms. The third-order valence-electron chi connectivity index (χ3n) is 4.56. The number of nitrogens with zero attached hydrogens (tertiary/aromatic N) is 1. The number of rotatable bonds is 2. The van der Waals surface area contributed by atoms with Gasteiger partial charge >= 0.3 is 0 Å². The summed E-state index contributed by atoms with van der Waals surface area (Å²) in [5.74, 6) is -2.14. The van der Waals surface area contributed by atoms with Crippen molar-refractivity contribution in [1.29, 1.82) is 0 Å². The van der Waals surface area contributed by atoms with E-state index in [2.05, 4.69) is 15.9 Å². The minimum absolute atomic E-state index is 0.112. The van der Waals surface area contributed by atoms with E-state index in [0.717, 1.165) is 17.7 Å². The summed E-state index contributed by atoms with van der Waals surface area (Å²) in [5, 5.41) is 0. The van der Waals surface area contributed by atoms with Gasteiger partial charge in [-0.2, -0.15) is 0 Å². The molecule has 0 aliphatic carbocycles. The lowest BCUT2D eigenvalue weighted by Gasteiger charge is -2.14. The molecule has 2 nitrogen and oxygen atoms in total. The fraction of sp³-hybridized carbons (Fsp3) is 0.0455. The quantitative estimate of drug-likeness (QED) is 0.365. The average Bonchev–Trinajstić information content (AvgIpc) is 2.62. The standard InChI is InChI=1S/C22H13BrF3NO/c1-12-5-6-14(15(24)9-12)18-3-2-4-19-22(20(28)7-8-27(18)19)21-16(25)10-13(23)11-17(21)26/h2-11H,1H3. The monoisotopic (exact) mass is 443 g/mol. The molecule has 0 N–H and O–H groups in total. The minimum Gasteiger partial charge on any atom is -0.316 e. The molecule has 0 saturated carbocycles. The van der Waals surface area contributed by atoms with Gasteiger partial charge in [0.2, 0.25) is 0 Å². The summed E-state index contributed by atoms with van der Waals surface area (Å²) in [5.41, 5.74) is 0.795. The minimum atomic E-state index is -0.857. The molecule has 2 heterocycles. The number of fused-ring (bicyclic) bond motifs is 1. The summed E-state index contributed by atoms with van der Waals surface area (Å²) in [4.78, 5) is 12.5. The zero-order chi connectivity index (χ0) is 20.0. The predicted octanol–water partition coefficient (Wildman–Crippen LogP) is 6.12. The Kier molecular flexibility index (Phi) is 4.59. The maximum Gasteiger partial charge on any atom is 0.190 e. The van der Waals surface area contributed by atoms with Crippen LogP contribution in [0.1, 0.15) is 5.56 Å². The highest BCUT2D eigenvalue weighted by Crippen LogP contribution is 2.32. The van der Waals surface area contributed by atoms with E-state index in [1.54, 1.807) is 41.7 Å². The van der Waals surface area contributed by atoms with Crippen molar-refractivity contribution < 1.29 is 13.2 Å². The highest BCUT2D eigenvalue weighted by molar-refractivity contribution is 9.10. The van der Waals surface area contributed by atoms with Crippen LogP contribution in [0.15, 0.2) is 70.1 Å². The molecular weight excluding hydrogens is 431 g/mol. The molecule has 4 rings (SSSR count). The lowest BCUT2D eigenvalue weighted by atomic mass is 10.0. The van der Waals surface area contributed by atoms with Gasteiger partial charge in [-0.05, 0) is 48.9 Å². The third-order valence-corrected chi connectivity index (χ3v) is 5.02. The van der Waals surface area contributed by atoms with Gasteiger partial charge < -0.3 is 4.40 Å². The Bertz CT molecular complexity index is 1270. The van der Waals surface area contributed by atoms with Crippen LogP contribution >= 0.6 is 15.9 Å². The van der Waals surface area contributed by atoms with Crippen molar-refractivity contribution in [3.8, 4) is 22.4 Å². The summed E-state index contributed by atoms with van der Waals surface area (Å²) >= 11 is 3.04. The molecular formula is C22H13BrF3NO. The van der Waals surface area contributed by atoms with E-state index < -0.39 is 28.4 Å². The number of aryl methyl sites for hydroxylation is 1. The van der Waals surface area contributed by atoms with E-state index in [1.807, 2.05) is 0 Å². The molecule has 6 heteroatoms. The maximum atomic E-state index is 14.6. The Balaban J connectivity index is 2.09. The molecule has 4 aromatic rings. The van der Waals surface area contributed by atoms with Crippen molar-refractivity contribution in [2.75, 3.05) is 0 Å². The molecule has 0 spiro atoms. The number of hydrogen-bond donors (Lipinski definition) is 0. The van der Waals surface area contributed by atoms with E-state index in [9.17, 15) is 18.0 Å². The first kappa shape index (κ1) is 18.5. The van der Waals surface area contributed by atoms with E-state index in [-0.39, 0.29) is 15.6 Å². The Morgan fingerprint density at radius 3 is 2.25 bits per heavy atom. The van der Waals surface area contributed by atoms with Crippen molar-refractivity contribution in [1.82, 2.24) is 4.40 Å². The van der Waals surface area contributed by atoms with Gasteiger partial charge in [0.25, 0.3) is 0 Å². The number of hydrogen-bond acceptors (Lipinski definition) is 1. The fourth-order valence-corrected chi connectivity index (χ4v) is 3.72. The van der Waals surface area contributed by atoms with E-state index in [1.165, 1.54) is 18.3 Å². The lowest BCUT2D eigenvalue weighted by Crippen LogP contribution is -2.10. The summed E-state index contributed by atoms with van der Waals surface area (Å²) in [6, 6.07) is 13.1. The summed E-state index contributed by atoms with van der Waals surface area (Å²) < 4.78 is 45.4. The van der Waals surface area contributed by atoms with Crippen LogP contribution in [0.4, 0.5) is 13.2 Å². The fourth-order valence-electron chi connectivity index (χ4n) is 3.32. The molecule has 0 radical (unpaired) electrons. The smallest absolute Gasteiger partial charge is 0.190 e. The largest absolute Gasteiger partial charge is 0.316 e. The highest BCUT2D eigenvalue weighted by atomic mass is 79.9. The summed E-state index contributed by atoms with van der Waals surface area (Å²) in [6.07, 6.45) is 1.48. The third kappa shape index (κ3) is 3.03. The predicted molar refractivity (Wildman–Crippen MR) is 107 cm³/mol. The maximum absolute atomic E-state index is 14.6. The second-order valence-corrected chi connectivity index (χ2v) is 7.36. The number of pyridine rings is 2. The van der Waals surface area contributed by atoms with Crippen LogP contribution in [0.3, 0.4) is 0 Å². The first-order valence-corrected chi connectivity index (χ1v) is 9.22. The molecule has 0 aliphatic heterocycles. The lowest BCUT2D eigenvalue weighted by molar-refractivity contribution is 0.588.